The normalized spacial score (nSPS) is 19.0. The highest BCUT2D eigenvalue weighted by molar-refractivity contribution is 9.10. The highest BCUT2D eigenvalue weighted by atomic mass is 79.9. The predicted octanol–water partition coefficient (Wildman–Crippen LogP) is 5.15. The quantitative estimate of drug-likeness (QED) is 0.714. The summed E-state index contributed by atoms with van der Waals surface area (Å²) in [5.41, 5.74) is 2.23. The van der Waals surface area contributed by atoms with E-state index in [-0.39, 0.29) is 5.91 Å². The van der Waals surface area contributed by atoms with E-state index in [0.717, 1.165) is 32.9 Å². The van der Waals surface area contributed by atoms with Gasteiger partial charge in [-0.25, -0.2) is 4.99 Å². The zero-order valence-electron chi connectivity index (χ0n) is 14.7. The average Bonchev–Trinajstić information content (AvgIpc) is 3.00. The number of aliphatic imine (C=N–C) groups is 2. The number of thioether (sulfide) groups is 1. The number of nitrogens with zero attached hydrogens (tertiary/aromatic N) is 2. The van der Waals surface area contributed by atoms with Crippen molar-refractivity contribution in [3.05, 3.63) is 64.6 Å². The van der Waals surface area contributed by atoms with Gasteiger partial charge in [-0.05, 0) is 37.6 Å². The first-order chi connectivity index (χ1) is 12.5. The summed E-state index contributed by atoms with van der Waals surface area (Å²) in [6, 6.07) is 17.5. The van der Waals surface area contributed by atoms with Gasteiger partial charge in [0, 0.05) is 15.7 Å². The monoisotopic (exact) mass is 429 g/mol. The first-order valence-corrected chi connectivity index (χ1v) is 10.2. The van der Waals surface area contributed by atoms with Crippen molar-refractivity contribution in [2.24, 2.45) is 9.98 Å². The first-order valence-electron chi connectivity index (χ1n) is 8.43. The van der Waals surface area contributed by atoms with E-state index in [9.17, 15) is 4.79 Å². The number of carbonyl (C=O) groups excluding carboxylic acids is 1. The van der Waals surface area contributed by atoms with Crippen molar-refractivity contribution in [3.8, 4) is 0 Å². The van der Waals surface area contributed by atoms with Gasteiger partial charge in [-0.2, -0.15) is 0 Å². The summed E-state index contributed by atoms with van der Waals surface area (Å²) < 4.78 is 0.979. The third kappa shape index (κ3) is 4.62. The van der Waals surface area contributed by atoms with Crippen LogP contribution < -0.4 is 5.32 Å². The van der Waals surface area contributed by atoms with Crippen LogP contribution in [0.2, 0.25) is 0 Å². The van der Waals surface area contributed by atoms with Crippen LogP contribution >= 0.6 is 27.7 Å². The van der Waals surface area contributed by atoms with Gasteiger partial charge in [0.1, 0.15) is 10.7 Å². The van der Waals surface area contributed by atoms with Crippen molar-refractivity contribution in [3.63, 3.8) is 0 Å². The Kier molecular flexibility index (Phi) is 5.94. The lowest BCUT2D eigenvalue weighted by Crippen LogP contribution is -2.17. The molecule has 0 saturated carbocycles. The molecule has 6 heteroatoms. The number of nitrogens with one attached hydrogen (secondary N) is 1. The van der Waals surface area contributed by atoms with Crippen LogP contribution in [0.15, 0.2) is 69.1 Å². The third-order valence-corrected chi connectivity index (χ3v) is 5.58. The number of halogens is 1. The van der Waals surface area contributed by atoms with Crippen molar-refractivity contribution in [2.75, 3.05) is 11.1 Å². The minimum absolute atomic E-state index is 0.0578. The Morgan fingerprint density at radius 3 is 2.46 bits per heavy atom. The van der Waals surface area contributed by atoms with Gasteiger partial charge in [-0.15, -0.1) is 0 Å². The Hall–Kier alpha value is -1.92. The minimum Gasteiger partial charge on any atom is -0.325 e. The topological polar surface area (TPSA) is 53.8 Å². The van der Waals surface area contributed by atoms with E-state index in [0.29, 0.717) is 5.75 Å². The van der Waals surface area contributed by atoms with Crippen molar-refractivity contribution in [2.45, 2.75) is 25.9 Å². The largest absolute Gasteiger partial charge is 0.325 e. The molecule has 3 rings (SSSR count). The first kappa shape index (κ1) is 18.9. The minimum atomic E-state index is -0.449. The van der Waals surface area contributed by atoms with Gasteiger partial charge < -0.3 is 5.32 Å². The van der Waals surface area contributed by atoms with Gasteiger partial charge >= 0.3 is 0 Å². The van der Waals surface area contributed by atoms with E-state index in [1.54, 1.807) is 0 Å². The Bertz CT molecular complexity index is 849. The highest BCUT2D eigenvalue weighted by Gasteiger charge is 2.31. The number of carbonyl (C=O) groups is 1. The molecule has 26 heavy (non-hydrogen) atoms. The number of hydrogen-bond donors (Lipinski definition) is 1. The van der Waals surface area contributed by atoms with E-state index in [1.807, 2.05) is 61.5 Å². The van der Waals surface area contributed by atoms with Gasteiger partial charge in [0.2, 0.25) is 5.91 Å². The summed E-state index contributed by atoms with van der Waals surface area (Å²) >= 11 is 4.82. The smallest absolute Gasteiger partial charge is 0.234 e. The van der Waals surface area contributed by atoms with Crippen molar-refractivity contribution in [1.29, 1.82) is 0 Å². The zero-order valence-corrected chi connectivity index (χ0v) is 17.1. The van der Waals surface area contributed by atoms with Crippen LogP contribution in [0, 0.1) is 0 Å². The fourth-order valence-corrected chi connectivity index (χ4v) is 3.66. The van der Waals surface area contributed by atoms with Crippen LogP contribution in [-0.2, 0) is 4.79 Å². The average molecular weight is 430 g/mol. The van der Waals surface area contributed by atoms with E-state index in [4.69, 9.17) is 9.98 Å². The van der Waals surface area contributed by atoms with Crippen molar-refractivity contribution < 1.29 is 4.79 Å². The van der Waals surface area contributed by atoms with Crippen LogP contribution in [0.4, 0.5) is 5.69 Å². The molecule has 2 aromatic rings. The SMILES string of the molecule is CCC1(C)N=C(SCC(=O)Nc2ccc(Br)cc2)C(c2ccccc2)=N1. The van der Waals surface area contributed by atoms with Crippen LogP contribution in [-0.4, -0.2) is 28.1 Å². The maximum Gasteiger partial charge on any atom is 0.234 e. The molecule has 134 valence electrons. The fraction of sp³-hybridized carbons (Fsp3) is 0.250. The van der Waals surface area contributed by atoms with Gasteiger partial charge in [0.25, 0.3) is 0 Å². The van der Waals surface area contributed by atoms with Gasteiger partial charge in [-0.1, -0.05) is 64.9 Å². The Labute approximate surface area is 166 Å². The van der Waals surface area contributed by atoms with Crippen molar-refractivity contribution >= 4 is 50.0 Å². The molecular weight excluding hydrogens is 410 g/mol. The molecule has 1 aliphatic heterocycles. The number of amides is 1. The molecule has 2 aromatic carbocycles. The van der Waals surface area contributed by atoms with Gasteiger partial charge in [-0.3, -0.25) is 9.79 Å². The lowest BCUT2D eigenvalue weighted by atomic mass is 10.1. The molecule has 1 heterocycles. The lowest BCUT2D eigenvalue weighted by molar-refractivity contribution is -0.113. The molecule has 1 aliphatic rings. The van der Waals surface area contributed by atoms with E-state index < -0.39 is 5.66 Å². The number of rotatable bonds is 5. The number of benzene rings is 2. The number of anilines is 1. The van der Waals surface area contributed by atoms with Gasteiger partial charge in [0.15, 0.2) is 0 Å². The molecule has 1 atom stereocenters. The molecule has 0 bridgehead atoms. The second-order valence-electron chi connectivity index (χ2n) is 6.16. The van der Waals surface area contributed by atoms with Crippen LogP contribution in [0.5, 0.6) is 0 Å². The standard InChI is InChI=1S/C20H20BrN3OS/c1-3-20(2)23-18(14-7-5-4-6-8-14)19(24-20)26-13-17(25)22-16-11-9-15(21)10-12-16/h4-12H,3,13H2,1-2H3,(H,22,25). The maximum absolute atomic E-state index is 12.3. The molecule has 1 unspecified atom stereocenters. The van der Waals surface area contributed by atoms with Crippen LogP contribution in [0.25, 0.3) is 0 Å². The summed E-state index contributed by atoms with van der Waals surface area (Å²) in [4.78, 5) is 21.9. The number of hydrogen-bond acceptors (Lipinski definition) is 4. The third-order valence-electron chi connectivity index (χ3n) is 4.08. The Balaban J connectivity index is 1.69. The van der Waals surface area contributed by atoms with Crippen LogP contribution in [0.3, 0.4) is 0 Å². The molecule has 4 nitrogen and oxygen atoms in total. The maximum atomic E-state index is 12.3. The van der Waals surface area contributed by atoms with E-state index >= 15 is 0 Å². The molecular formula is C20H20BrN3OS. The van der Waals surface area contributed by atoms with Gasteiger partial charge in [0.05, 0.1) is 11.5 Å². The molecule has 1 amide bonds. The second-order valence-corrected chi connectivity index (χ2v) is 8.04. The second kappa shape index (κ2) is 8.18. The molecule has 0 spiro atoms. The molecule has 0 aromatic heterocycles. The summed E-state index contributed by atoms with van der Waals surface area (Å²) in [5, 5.41) is 3.73. The molecule has 1 N–H and O–H groups in total. The Morgan fingerprint density at radius 1 is 1.12 bits per heavy atom. The predicted molar refractivity (Wildman–Crippen MR) is 114 cm³/mol. The molecule has 0 aliphatic carbocycles. The fourth-order valence-electron chi connectivity index (χ4n) is 2.49. The summed E-state index contributed by atoms with van der Waals surface area (Å²) in [7, 11) is 0. The summed E-state index contributed by atoms with van der Waals surface area (Å²) in [6.07, 6.45) is 0.818. The van der Waals surface area contributed by atoms with Crippen molar-refractivity contribution in [1.82, 2.24) is 0 Å². The molecule has 0 fully saturated rings. The summed E-state index contributed by atoms with van der Waals surface area (Å²) in [6.45, 7) is 4.09. The van der Waals surface area contributed by atoms with E-state index in [2.05, 4.69) is 28.2 Å². The lowest BCUT2D eigenvalue weighted by Gasteiger charge is -2.13. The zero-order chi connectivity index (χ0) is 18.6. The van der Waals surface area contributed by atoms with Crippen LogP contribution in [0.1, 0.15) is 25.8 Å². The summed E-state index contributed by atoms with van der Waals surface area (Å²) in [5.74, 6) is 0.234. The van der Waals surface area contributed by atoms with E-state index in [1.165, 1.54) is 11.8 Å². The highest BCUT2D eigenvalue weighted by Crippen LogP contribution is 2.29. The Morgan fingerprint density at radius 2 is 1.81 bits per heavy atom. The molecule has 0 radical (unpaired) electrons. The molecule has 0 saturated heterocycles.